The fourth-order valence-corrected chi connectivity index (χ4v) is 2.44. The zero-order chi connectivity index (χ0) is 10.1. The molecule has 0 bridgehead atoms. The predicted octanol–water partition coefficient (Wildman–Crippen LogP) is 0.524. The van der Waals surface area contributed by atoms with Gasteiger partial charge in [-0.3, -0.25) is 5.32 Å². The van der Waals surface area contributed by atoms with Crippen molar-refractivity contribution in [3.05, 3.63) is 34.9 Å². The van der Waals surface area contributed by atoms with E-state index in [1.54, 1.807) is 0 Å². The second kappa shape index (κ2) is 3.93. The SMILES string of the molecule is c1cc2c(cc1C1CNCN1)CNCC2. The van der Waals surface area contributed by atoms with Crippen molar-refractivity contribution in [1.29, 1.82) is 0 Å². The second-order valence-corrected chi connectivity index (χ2v) is 4.34. The Morgan fingerprint density at radius 1 is 1.13 bits per heavy atom. The van der Waals surface area contributed by atoms with Gasteiger partial charge in [-0.1, -0.05) is 18.2 Å². The largest absolute Gasteiger partial charge is 0.312 e. The lowest BCUT2D eigenvalue weighted by Gasteiger charge is -2.19. The molecule has 0 saturated carbocycles. The number of benzene rings is 1. The van der Waals surface area contributed by atoms with E-state index in [0.717, 1.165) is 26.3 Å². The molecule has 3 heteroatoms. The van der Waals surface area contributed by atoms with E-state index in [2.05, 4.69) is 34.1 Å². The highest BCUT2D eigenvalue weighted by Gasteiger charge is 2.17. The standard InChI is InChI=1S/C12H17N3/c1-2-10(12-7-14-8-15-12)5-11-6-13-4-3-9(1)11/h1-2,5,12-15H,3-4,6-8H2. The predicted molar refractivity (Wildman–Crippen MR) is 60.6 cm³/mol. The summed E-state index contributed by atoms with van der Waals surface area (Å²) in [6.45, 7) is 4.13. The van der Waals surface area contributed by atoms with Gasteiger partial charge in [-0.25, -0.2) is 0 Å². The Bertz CT molecular complexity index is 356. The van der Waals surface area contributed by atoms with Gasteiger partial charge in [0.25, 0.3) is 0 Å². The van der Waals surface area contributed by atoms with Crippen molar-refractivity contribution in [3.8, 4) is 0 Å². The van der Waals surface area contributed by atoms with Crippen LogP contribution in [0, 0.1) is 0 Å². The fourth-order valence-electron chi connectivity index (χ4n) is 2.44. The van der Waals surface area contributed by atoms with E-state index < -0.39 is 0 Å². The molecule has 0 amide bonds. The zero-order valence-electron chi connectivity index (χ0n) is 8.84. The Labute approximate surface area is 90.3 Å². The van der Waals surface area contributed by atoms with Crippen LogP contribution in [-0.4, -0.2) is 19.8 Å². The molecule has 1 aromatic rings. The van der Waals surface area contributed by atoms with Crippen molar-refractivity contribution in [2.75, 3.05) is 19.8 Å². The maximum Gasteiger partial charge on any atom is 0.0460 e. The zero-order valence-corrected chi connectivity index (χ0v) is 8.84. The van der Waals surface area contributed by atoms with Crippen molar-refractivity contribution in [3.63, 3.8) is 0 Å². The van der Waals surface area contributed by atoms with Gasteiger partial charge < -0.3 is 10.6 Å². The highest BCUT2D eigenvalue weighted by atomic mass is 15.2. The van der Waals surface area contributed by atoms with Crippen LogP contribution in [0.15, 0.2) is 18.2 Å². The summed E-state index contributed by atoms with van der Waals surface area (Å²) < 4.78 is 0. The summed E-state index contributed by atoms with van der Waals surface area (Å²) in [5.74, 6) is 0. The Morgan fingerprint density at radius 2 is 2.13 bits per heavy atom. The molecule has 1 unspecified atom stereocenters. The molecular formula is C12H17N3. The molecule has 80 valence electrons. The third-order valence-electron chi connectivity index (χ3n) is 3.34. The van der Waals surface area contributed by atoms with E-state index in [4.69, 9.17) is 0 Å². The van der Waals surface area contributed by atoms with Gasteiger partial charge in [0, 0.05) is 25.8 Å². The van der Waals surface area contributed by atoms with Crippen LogP contribution >= 0.6 is 0 Å². The van der Waals surface area contributed by atoms with Crippen LogP contribution in [-0.2, 0) is 13.0 Å². The number of fused-ring (bicyclic) bond motifs is 1. The average molecular weight is 203 g/mol. The molecule has 3 rings (SSSR count). The van der Waals surface area contributed by atoms with E-state index >= 15 is 0 Å². The maximum atomic E-state index is 3.45. The van der Waals surface area contributed by atoms with Gasteiger partial charge in [-0.15, -0.1) is 0 Å². The van der Waals surface area contributed by atoms with Gasteiger partial charge in [0.1, 0.15) is 0 Å². The Hall–Kier alpha value is -0.900. The highest BCUT2D eigenvalue weighted by molar-refractivity contribution is 5.35. The van der Waals surface area contributed by atoms with Gasteiger partial charge >= 0.3 is 0 Å². The third kappa shape index (κ3) is 1.78. The Balaban J connectivity index is 1.89. The second-order valence-electron chi connectivity index (χ2n) is 4.34. The van der Waals surface area contributed by atoms with Crippen LogP contribution in [0.25, 0.3) is 0 Å². The van der Waals surface area contributed by atoms with E-state index in [1.807, 2.05) is 0 Å². The number of hydrogen-bond acceptors (Lipinski definition) is 3. The van der Waals surface area contributed by atoms with Crippen LogP contribution < -0.4 is 16.0 Å². The summed E-state index contributed by atoms with van der Waals surface area (Å²) >= 11 is 0. The minimum absolute atomic E-state index is 0.497. The lowest BCUT2D eigenvalue weighted by molar-refractivity contribution is 0.634. The smallest absolute Gasteiger partial charge is 0.0460 e. The summed E-state index contributed by atoms with van der Waals surface area (Å²) in [6.07, 6.45) is 1.17. The van der Waals surface area contributed by atoms with Crippen molar-refractivity contribution >= 4 is 0 Å². The van der Waals surface area contributed by atoms with Crippen LogP contribution in [0.4, 0.5) is 0 Å². The normalized spacial score (nSPS) is 25.2. The topological polar surface area (TPSA) is 36.1 Å². The van der Waals surface area contributed by atoms with Gasteiger partial charge in [0.2, 0.25) is 0 Å². The molecular weight excluding hydrogens is 186 g/mol. The third-order valence-corrected chi connectivity index (χ3v) is 3.34. The molecule has 0 spiro atoms. The molecule has 1 atom stereocenters. The summed E-state index contributed by atoms with van der Waals surface area (Å²) in [5.41, 5.74) is 4.42. The number of nitrogens with one attached hydrogen (secondary N) is 3. The molecule has 0 radical (unpaired) electrons. The molecule has 1 saturated heterocycles. The van der Waals surface area contributed by atoms with Crippen molar-refractivity contribution in [2.45, 2.75) is 19.0 Å². The molecule has 3 nitrogen and oxygen atoms in total. The van der Waals surface area contributed by atoms with Crippen molar-refractivity contribution in [2.24, 2.45) is 0 Å². The van der Waals surface area contributed by atoms with Crippen molar-refractivity contribution < 1.29 is 0 Å². The molecule has 3 N–H and O–H groups in total. The maximum absolute atomic E-state index is 3.45. The van der Waals surface area contributed by atoms with Gasteiger partial charge in [-0.2, -0.15) is 0 Å². The Morgan fingerprint density at radius 3 is 3.00 bits per heavy atom. The van der Waals surface area contributed by atoms with Crippen molar-refractivity contribution in [1.82, 2.24) is 16.0 Å². The molecule has 1 aromatic carbocycles. The van der Waals surface area contributed by atoms with Crippen LogP contribution in [0.2, 0.25) is 0 Å². The average Bonchev–Trinajstić information content (AvgIpc) is 2.82. The minimum atomic E-state index is 0.497. The van der Waals surface area contributed by atoms with Crippen LogP contribution in [0.1, 0.15) is 22.7 Å². The molecule has 2 aliphatic heterocycles. The van der Waals surface area contributed by atoms with E-state index in [0.29, 0.717) is 6.04 Å². The summed E-state index contributed by atoms with van der Waals surface area (Å²) in [7, 11) is 0. The molecule has 0 aromatic heterocycles. The molecule has 0 aliphatic carbocycles. The first kappa shape index (κ1) is 9.33. The van der Waals surface area contributed by atoms with Crippen LogP contribution in [0.3, 0.4) is 0 Å². The van der Waals surface area contributed by atoms with Gasteiger partial charge in [0.15, 0.2) is 0 Å². The molecule has 2 aliphatic rings. The van der Waals surface area contributed by atoms with Gasteiger partial charge in [0.05, 0.1) is 0 Å². The Kier molecular flexibility index (Phi) is 2.44. The fraction of sp³-hybridized carbons (Fsp3) is 0.500. The van der Waals surface area contributed by atoms with Gasteiger partial charge in [-0.05, 0) is 29.7 Å². The number of rotatable bonds is 1. The minimum Gasteiger partial charge on any atom is -0.312 e. The van der Waals surface area contributed by atoms with E-state index in [9.17, 15) is 0 Å². The first-order chi connectivity index (χ1) is 7.43. The quantitative estimate of drug-likeness (QED) is 0.623. The first-order valence-corrected chi connectivity index (χ1v) is 5.70. The lowest BCUT2D eigenvalue weighted by atomic mass is 9.96. The summed E-state index contributed by atoms with van der Waals surface area (Å²) in [5, 5.41) is 10.2. The van der Waals surface area contributed by atoms with Crippen LogP contribution in [0.5, 0.6) is 0 Å². The highest BCUT2D eigenvalue weighted by Crippen LogP contribution is 2.21. The molecule has 15 heavy (non-hydrogen) atoms. The van der Waals surface area contributed by atoms with E-state index in [-0.39, 0.29) is 0 Å². The molecule has 1 fully saturated rings. The summed E-state index contributed by atoms with van der Waals surface area (Å²) in [6, 6.07) is 7.42. The first-order valence-electron chi connectivity index (χ1n) is 5.70. The lowest BCUT2D eigenvalue weighted by Crippen LogP contribution is -2.24. The summed E-state index contributed by atoms with van der Waals surface area (Å²) in [4.78, 5) is 0. The number of hydrogen-bond donors (Lipinski definition) is 3. The molecule has 2 heterocycles. The monoisotopic (exact) mass is 203 g/mol. The van der Waals surface area contributed by atoms with E-state index in [1.165, 1.54) is 23.1 Å².